The molecular formula is C14H18F2N2O. The van der Waals surface area contributed by atoms with Gasteiger partial charge in [0.15, 0.2) is 0 Å². The number of carbonyl (C=O) groups excluding carboxylic acids is 1. The summed E-state index contributed by atoms with van der Waals surface area (Å²) in [6.45, 7) is 3.54. The van der Waals surface area contributed by atoms with Gasteiger partial charge in [0.1, 0.15) is 11.6 Å². The van der Waals surface area contributed by atoms with Gasteiger partial charge in [-0.15, -0.1) is 0 Å². The minimum absolute atomic E-state index is 0.103. The van der Waals surface area contributed by atoms with Gasteiger partial charge in [-0.1, -0.05) is 6.42 Å². The van der Waals surface area contributed by atoms with Crippen LogP contribution in [0.1, 0.15) is 26.2 Å². The van der Waals surface area contributed by atoms with E-state index < -0.39 is 11.6 Å². The maximum Gasteiger partial charge on any atom is 0.241 e. The van der Waals surface area contributed by atoms with Crippen LogP contribution in [0, 0.1) is 11.6 Å². The van der Waals surface area contributed by atoms with E-state index in [4.69, 9.17) is 0 Å². The van der Waals surface area contributed by atoms with Gasteiger partial charge in [-0.2, -0.15) is 0 Å². The van der Waals surface area contributed by atoms with Crippen LogP contribution < -0.4 is 5.32 Å². The molecule has 0 bridgehead atoms. The first-order valence-corrected chi connectivity index (χ1v) is 6.58. The monoisotopic (exact) mass is 268 g/mol. The molecule has 104 valence electrons. The molecule has 3 nitrogen and oxygen atoms in total. The highest BCUT2D eigenvalue weighted by Gasteiger charge is 2.23. The Bertz CT molecular complexity index is 459. The third kappa shape index (κ3) is 3.50. The van der Waals surface area contributed by atoms with Crippen molar-refractivity contribution >= 4 is 11.6 Å². The predicted molar refractivity (Wildman–Crippen MR) is 69.9 cm³/mol. The molecule has 1 fully saturated rings. The van der Waals surface area contributed by atoms with Gasteiger partial charge in [-0.3, -0.25) is 9.69 Å². The van der Waals surface area contributed by atoms with Gasteiger partial charge in [0, 0.05) is 6.07 Å². The Morgan fingerprint density at radius 3 is 2.63 bits per heavy atom. The molecule has 1 heterocycles. The molecular weight excluding hydrogens is 250 g/mol. The standard InChI is InChI=1S/C14H18F2N2O/c1-10(18-7-3-2-4-8-18)14(19)17-13-9-11(15)5-6-12(13)16/h5-6,9-10H,2-4,7-8H2,1H3,(H,17,19)/t10-/m0/s1. The van der Waals surface area contributed by atoms with Crippen molar-refractivity contribution in [2.75, 3.05) is 18.4 Å². The summed E-state index contributed by atoms with van der Waals surface area (Å²) in [5.41, 5.74) is -0.103. The Kier molecular flexibility index (Phi) is 4.47. The highest BCUT2D eigenvalue weighted by Crippen LogP contribution is 2.17. The van der Waals surface area contributed by atoms with E-state index in [2.05, 4.69) is 10.2 Å². The van der Waals surface area contributed by atoms with Crippen LogP contribution in [0.5, 0.6) is 0 Å². The second-order valence-electron chi connectivity index (χ2n) is 4.89. The van der Waals surface area contributed by atoms with Crippen molar-refractivity contribution in [2.24, 2.45) is 0 Å². The number of carbonyl (C=O) groups is 1. The van der Waals surface area contributed by atoms with Crippen molar-refractivity contribution in [2.45, 2.75) is 32.2 Å². The molecule has 0 saturated carbocycles. The normalized spacial score (nSPS) is 18.1. The van der Waals surface area contributed by atoms with E-state index in [-0.39, 0.29) is 17.6 Å². The molecule has 1 aromatic rings. The molecule has 1 amide bonds. The van der Waals surface area contributed by atoms with E-state index >= 15 is 0 Å². The molecule has 0 aliphatic carbocycles. The third-order valence-electron chi connectivity index (χ3n) is 3.50. The predicted octanol–water partition coefficient (Wildman–Crippen LogP) is 2.78. The molecule has 1 N–H and O–H groups in total. The minimum Gasteiger partial charge on any atom is -0.322 e. The maximum absolute atomic E-state index is 13.4. The van der Waals surface area contributed by atoms with Crippen LogP contribution in [0.3, 0.4) is 0 Å². The molecule has 0 spiro atoms. The summed E-state index contributed by atoms with van der Waals surface area (Å²) in [4.78, 5) is 14.1. The number of nitrogens with one attached hydrogen (secondary N) is 1. The highest BCUT2D eigenvalue weighted by atomic mass is 19.1. The zero-order valence-corrected chi connectivity index (χ0v) is 11.0. The lowest BCUT2D eigenvalue weighted by atomic mass is 10.1. The molecule has 19 heavy (non-hydrogen) atoms. The summed E-state index contributed by atoms with van der Waals surface area (Å²) in [7, 11) is 0. The molecule has 0 radical (unpaired) electrons. The first kappa shape index (κ1) is 13.9. The Balaban J connectivity index is 2.01. The topological polar surface area (TPSA) is 32.3 Å². The van der Waals surface area contributed by atoms with Crippen molar-refractivity contribution in [1.29, 1.82) is 0 Å². The zero-order chi connectivity index (χ0) is 13.8. The first-order valence-electron chi connectivity index (χ1n) is 6.58. The molecule has 0 aromatic heterocycles. The van der Waals surface area contributed by atoms with Crippen LogP contribution in [-0.2, 0) is 4.79 Å². The van der Waals surface area contributed by atoms with E-state index in [1.165, 1.54) is 6.42 Å². The summed E-state index contributed by atoms with van der Waals surface area (Å²) >= 11 is 0. The smallest absolute Gasteiger partial charge is 0.241 e. The number of hydrogen-bond donors (Lipinski definition) is 1. The Labute approximate surface area is 111 Å². The molecule has 0 unspecified atom stereocenters. The quantitative estimate of drug-likeness (QED) is 0.914. The second-order valence-corrected chi connectivity index (χ2v) is 4.89. The molecule has 1 aliphatic heterocycles. The Hall–Kier alpha value is -1.49. The number of hydrogen-bond acceptors (Lipinski definition) is 2. The highest BCUT2D eigenvalue weighted by molar-refractivity contribution is 5.94. The van der Waals surface area contributed by atoms with Crippen molar-refractivity contribution in [3.8, 4) is 0 Å². The number of nitrogens with zero attached hydrogens (tertiary/aromatic N) is 1. The average molecular weight is 268 g/mol. The fourth-order valence-electron chi connectivity index (χ4n) is 2.30. The largest absolute Gasteiger partial charge is 0.322 e. The number of likely N-dealkylation sites (tertiary alicyclic amines) is 1. The fraction of sp³-hybridized carbons (Fsp3) is 0.500. The van der Waals surface area contributed by atoms with Gasteiger partial charge >= 0.3 is 0 Å². The van der Waals surface area contributed by atoms with E-state index in [1.54, 1.807) is 6.92 Å². The van der Waals surface area contributed by atoms with Gasteiger partial charge < -0.3 is 5.32 Å². The van der Waals surface area contributed by atoms with Gasteiger partial charge in [-0.25, -0.2) is 8.78 Å². The SMILES string of the molecule is C[C@@H](C(=O)Nc1cc(F)ccc1F)N1CCCCC1. The van der Waals surface area contributed by atoms with E-state index in [9.17, 15) is 13.6 Å². The second kappa shape index (κ2) is 6.10. The van der Waals surface area contributed by atoms with E-state index in [0.717, 1.165) is 44.1 Å². The van der Waals surface area contributed by atoms with Crippen molar-refractivity contribution in [1.82, 2.24) is 4.90 Å². The molecule has 2 rings (SSSR count). The number of halogens is 2. The third-order valence-corrected chi connectivity index (χ3v) is 3.50. The van der Waals surface area contributed by atoms with Crippen LogP contribution in [0.15, 0.2) is 18.2 Å². The zero-order valence-electron chi connectivity index (χ0n) is 11.0. The molecule has 1 atom stereocenters. The summed E-state index contributed by atoms with van der Waals surface area (Å²) in [6.07, 6.45) is 3.33. The van der Waals surface area contributed by atoms with Crippen molar-refractivity contribution in [3.05, 3.63) is 29.8 Å². The Morgan fingerprint density at radius 1 is 1.26 bits per heavy atom. The fourth-order valence-corrected chi connectivity index (χ4v) is 2.30. The lowest BCUT2D eigenvalue weighted by Crippen LogP contribution is -2.44. The number of amides is 1. The van der Waals surface area contributed by atoms with Gasteiger partial charge in [0.25, 0.3) is 0 Å². The summed E-state index contributed by atoms with van der Waals surface area (Å²) in [5.74, 6) is -1.49. The lowest BCUT2D eigenvalue weighted by Gasteiger charge is -2.31. The summed E-state index contributed by atoms with van der Waals surface area (Å²) in [5, 5.41) is 2.45. The molecule has 1 aromatic carbocycles. The minimum atomic E-state index is -0.624. The number of anilines is 1. The van der Waals surface area contributed by atoms with E-state index in [0.29, 0.717) is 0 Å². The maximum atomic E-state index is 13.4. The van der Waals surface area contributed by atoms with Crippen LogP contribution in [0.4, 0.5) is 14.5 Å². The van der Waals surface area contributed by atoms with Crippen molar-refractivity contribution < 1.29 is 13.6 Å². The summed E-state index contributed by atoms with van der Waals surface area (Å²) in [6, 6.07) is 2.70. The van der Waals surface area contributed by atoms with Crippen molar-refractivity contribution in [3.63, 3.8) is 0 Å². The van der Waals surface area contributed by atoms with Gasteiger partial charge in [-0.05, 0) is 45.0 Å². The number of piperidine rings is 1. The van der Waals surface area contributed by atoms with Gasteiger partial charge in [0.2, 0.25) is 5.91 Å². The summed E-state index contributed by atoms with van der Waals surface area (Å²) < 4.78 is 26.5. The lowest BCUT2D eigenvalue weighted by molar-refractivity contribution is -0.121. The Morgan fingerprint density at radius 2 is 1.95 bits per heavy atom. The van der Waals surface area contributed by atoms with Crippen LogP contribution in [-0.4, -0.2) is 29.9 Å². The van der Waals surface area contributed by atoms with Crippen LogP contribution in [0.2, 0.25) is 0 Å². The van der Waals surface area contributed by atoms with Crippen LogP contribution >= 0.6 is 0 Å². The molecule has 1 aliphatic rings. The van der Waals surface area contributed by atoms with Crippen LogP contribution in [0.25, 0.3) is 0 Å². The molecule has 1 saturated heterocycles. The number of rotatable bonds is 3. The van der Waals surface area contributed by atoms with Gasteiger partial charge in [0.05, 0.1) is 11.7 Å². The molecule has 5 heteroatoms. The number of benzene rings is 1. The van der Waals surface area contributed by atoms with E-state index in [1.807, 2.05) is 0 Å². The average Bonchev–Trinajstić information content (AvgIpc) is 2.43. The first-order chi connectivity index (χ1) is 9.08.